The van der Waals surface area contributed by atoms with E-state index >= 15 is 0 Å². The second-order valence-corrected chi connectivity index (χ2v) is 9.53. The minimum atomic E-state index is -0.198. The summed E-state index contributed by atoms with van der Waals surface area (Å²) in [7, 11) is 0. The second-order valence-electron chi connectivity index (χ2n) is 9.53. The van der Waals surface area contributed by atoms with E-state index in [1.807, 2.05) is 6.20 Å². The lowest BCUT2D eigenvalue weighted by Gasteiger charge is -2.55. The number of nitrogens with zero attached hydrogens (tertiary/aromatic N) is 1. The fraction of sp³-hybridized carbons (Fsp3) is 0.727. The van der Waals surface area contributed by atoms with Crippen LogP contribution in [0.25, 0.3) is 0 Å². The minimum absolute atomic E-state index is 0.0666. The number of aromatic amines is 1. The highest BCUT2D eigenvalue weighted by molar-refractivity contribution is 5.66. The number of H-pyrrole nitrogens is 1. The standard InChI is InChI=1S/C22H32N2O3/c1-13-5-6-17-20(27-14(2)26)18(7-8-21(13,17)3)22(4)10-15-11-23-24-19(15)9-16(22)12-25/h11,16-18,20,25H,1,5-10,12H2,2-4H3,(H,23,24)/t16-,17+,18+,20+,21-,22+/m1/s1. The number of esters is 1. The first-order valence-corrected chi connectivity index (χ1v) is 10.3. The lowest BCUT2D eigenvalue weighted by atomic mass is 9.52. The number of carbonyl (C=O) groups excluding carboxylic acids is 1. The lowest BCUT2D eigenvalue weighted by Crippen LogP contribution is -2.54. The Bertz CT molecular complexity index is 756. The molecule has 0 amide bonds. The van der Waals surface area contributed by atoms with Gasteiger partial charge in [-0.05, 0) is 60.8 Å². The van der Waals surface area contributed by atoms with E-state index in [1.165, 1.54) is 18.1 Å². The summed E-state index contributed by atoms with van der Waals surface area (Å²) in [4.78, 5) is 12.0. The number of aliphatic hydroxyl groups excluding tert-OH is 1. The van der Waals surface area contributed by atoms with Crippen LogP contribution in [0.1, 0.15) is 57.7 Å². The van der Waals surface area contributed by atoms with Crippen LogP contribution in [0.2, 0.25) is 0 Å². The van der Waals surface area contributed by atoms with Crippen LogP contribution in [0.15, 0.2) is 18.3 Å². The van der Waals surface area contributed by atoms with Crippen LogP contribution in [0.3, 0.4) is 0 Å². The van der Waals surface area contributed by atoms with Crippen molar-refractivity contribution in [1.82, 2.24) is 10.2 Å². The summed E-state index contributed by atoms with van der Waals surface area (Å²) in [5.41, 5.74) is 3.65. The number of fused-ring (bicyclic) bond motifs is 2. The Morgan fingerprint density at radius 1 is 1.41 bits per heavy atom. The summed E-state index contributed by atoms with van der Waals surface area (Å²) < 4.78 is 6.03. The van der Waals surface area contributed by atoms with E-state index in [1.54, 1.807) is 0 Å². The molecule has 1 aromatic rings. The molecule has 4 rings (SSSR count). The van der Waals surface area contributed by atoms with Crippen molar-refractivity contribution in [3.05, 3.63) is 29.6 Å². The van der Waals surface area contributed by atoms with E-state index < -0.39 is 0 Å². The summed E-state index contributed by atoms with van der Waals surface area (Å²) in [5, 5.41) is 17.5. The van der Waals surface area contributed by atoms with E-state index in [0.717, 1.165) is 44.2 Å². The SMILES string of the molecule is C=C1CC[C@H]2[C@H](OC(C)=O)[C@@H]([C@@]3(C)Cc4cn[nH]c4C[C@@H]3CO)CC[C@]12C. The molecule has 5 heteroatoms. The van der Waals surface area contributed by atoms with Crippen LogP contribution in [0.5, 0.6) is 0 Å². The van der Waals surface area contributed by atoms with Gasteiger partial charge >= 0.3 is 5.97 Å². The molecule has 0 unspecified atom stereocenters. The molecule has 148 valence electrons. The highest BCUT2D eigenvalue weighted by atomic mass is 16.5. The Hall–Kier alpha value is -1.62. The number of aliphatic hydroxyl groups is 1. The Morgan fingerprint density at radius 2 is 2.19 bits per heavy atom. The number of carbonyl (C=O) groups is 1. The predicted molar refractivity (Wildman–Crippen MR) is 103 cm³/mol. The molecule has 2 saturated carbocycles. The van der Waals surface area contributed by atoms with Gasteiger partial charge in [-0.15, -0.1) is 0 Å². The van der Waals surface area contributed by atoms with E-state index in [0.29, 0.717) is 5.92 Å². The summed E-state index contributed by atoms with van der Waals surface area (Å²) in [6.45, 7) is 10.6. The molecule has 27 heavy (non-hydrogen) atoms. The van der Waals surface area contributed by atoms with Crippen LogP contribution in [0, 0.1) is 28.6 Å². The third-order valence-corrected chi connectivity index (χ3v) is 8.28. The van der Waals surface area contributed by atoms with Crippen LogP contribution < -0.4 is 0 Å². The third-order valence-electron chi connectivity index (χ3n) is 8.28. The van der Waals surface area contributed by atoms with E-state index in [-0.39, 0.29) is 41.3 Å². The number of hydrogen-bond donors (Lipinski definition) is 2. The Kier molecular flexibility index (Phi) is 4.49. The van der Waals surface area contributed by atoms with Gasteiger partial charge in [-0.2, -0.15) is 5.10 Å². The lowest BCUT2D eigenvalue weighted by molar-refractivity contribution is -0.170. The highest BCUT2D eigenvalue weighted by Crippen LogP contribution is 2.61. The monoisotopic (exact) mass is 372 g/mol. The number of rotatable bonds is 3. The summed E-state index contributed by atoms with van der Waals surface area (Å²) in [5.74, 6) is 0.512. The molecule has 0 aromatic carbocycles. The van der Waals surface area contributed by atoms with Crippen LogP contribution in [-0.2, 0) is 22.4 Å². The molecule has 3 aliphatic carbocycles. The van der Waals surface area contributed by atoms with Crippen molar-refractivity contribution in [1.29, 1.82) is 0 Å². The number of ether oxygens (including phenoxy) is 1. The minimum Gasteiger partial charge on any atom is -0.462 e. The number of allylic oxidation sites excluding steroid dienone is 1. The zero-order valence-corrected chi connectivity index (χ0v) is 16.8. The normalized spacial score (nSPS) is 41.1. The summed E-state index contributed by atoms with van der Waals surface area (Å²) >= 11 is 0. The maximum absolute atomic E-state index is 12.0. The number of aromatic nitrogens is 2. The molecule has 0 aliphatic heterocycles. The number of hydrogen-bond acceptors (Lipinski definition) is 4. The van der Waals surface area contributed by atoms with Crippen LogP contribution in [-0.4, -0.2) is 34.0 Å². The molecule has 2 fully saturated rings. The molecule has 6 atom stereocenters. The van der Waals surface area contributed by atoms with Gasteiger partial charge in [-0.25, -0.2) is 0 Å². The quantitative estimate of drug-likeness (QED) is 0.630. The van der Waals surface area contributed by atoms with Gasteiger partial charge in [0.25, 0.3) is 0 Å². The Labute approximate surface area is 161 Å². The first kappa shape index (κ1) is 18.7. The van der Waals surface area contributed by atoms with Gasteiger partial charge in [0.15, 0.2) is 0 Å². The molecule has 1 heterocycles. The van der Waals surface area contributed by atoms with Crippen molar-refractivity contribution in [2.45, 2.75) is 65.4 Å². The molecule has 0 radical (unpaired) electrons. The Morgan fingerprint density at radius 3 is 2.89 bits per heavy atom. The van der Waals surface area contributed by atoms with Gasteiger partial charge in [-0.1, -0.05) is 26.0 Å². The fourth-order valence-corrected chi connectivity index (χ4v) is 6.45. The summed E-state index contributed by atoms with van der Waals surface area (Å²) in [6, 6.07) is 0. The molecule has 5 nitrogen and oxygen atoms in total. The zero-order valence-electron chi connectivity index (χ0n) is 16.8. The van der Waals surface area contributed by atoms with Gasteiger partial charge in [0.05, 0.1) is 6.20 Å². The van der Waals surface area contributed by atoms with E-state index in [9.17, 15) is 9.90 Å². The second kappa shape index (κ2) is 6.47. The predicted octanol–water partition coefficient (Wildman–Crippen LogP) is 3.44. The van der Waals surface area contributed by atoms with E-state index in [4.69, 9.17) is 4.74 Å². The first-order chi connectivity index (χ1) is 12.8. The average Bonchev–Trinajstić information content (AvgIpc) is 3.17. The van der Waals surface area contributed by atoms with Crippen molar-refractivity contribution in [2.24, 2.45) is 28.6 Å². The van der Waals surface area contributed by atoms with Gasteiger partial charge in [-0.3, -0.25) is 9.89 Å². The topological polar surface area (TPSA) is 75.2 Å². The van der Waals surface area contributed by atoms with Gasteiger partial charge in [0, 0.05) is 31.1 Å². The molecular weight excluding hydrogens is 340 g/mol. The van der Waals surface area contributed by atoms with Gasteiger partial charge < -0.3 is 9.84 Å². The van der Waals surface area contributed by atoms with E-state index in [2.05, 4.69) is 30.6 Å². The molecule has 0 spiro atoms. The molecule has 0 saturated heterocycles. The number of nitrogens with one attached hydrogen (secondary N) is 1. The smallest absolute Gasteiger partial charge is 0.302 e. The molecule has 1 aromatic heterocycles. The first-order valence-electron chi connectivity index (χ1n) is 10.3. The Balaban J connectivity index is 1.72. The zero-order chi connectivity index (χ0) is 19.4. The van der Waals surface area contributed by atoms with Crippen molar-refractivity contribution in [3.63, 3.8) is 0 Å². The highest BCUT2D eigenvalue weighted by Gasteiger charge is 2.58. The molecule has 0 bridgehead atoms. The maximum Gasteiger partial charge on any atom is 0.302 e. The average molecular weight is 373 g/mol. The van der Waals surface area contributed by atoms with Crippen molar-refractivity contribution < 1.29 is 14.6 Å². The largest absolute Gasteiger partial charge is 0.462 e. The molecule has 2 N–H and O–H groups in total. The maximum atomic E-state index is 12.0. The van der Waals surface area contributed by atoms with Crippen molar-refractivity contribution >= 4 is 5.97 Å². The van der Waals surface area contributed by atoms with Gasteiger partial charge in [0.1, 0.15) is 6.10 Å². The summed E-state index contributed by atoms with van der Waals surface area (Å²) in [6.07, 6.45) is 7.66. The van der Waals surface area contributed by atoms with Crippen LogP contribution >= 0.6 is 0 Å². The van der Waals surface area contributed by atoms with Crippen molar-refractivity contribution in [3.8, 4) is 0 Å². The van der Waals surface area contributed by atoms with Gasteiger partial charge in [0.2, 0.25) is 0 Å². The molecule has 3 aliphatic rings. The van der Waals surface area contributed by atoms with Crippen molar-refractivity contribution in [2.75, 3.05) is 6.61 Å². The van der Waals surface area contributed by atoms with Crippen LogP contribution in [0.4, 0.5) is 0 Å². The molecular formula is C22H32N2O3. The third kappa shape index (κ3) is 2.77. The fourth-order valence-electron chi connectivity index (χ4n) is 6.45.